The van der Waals surface area contributed by atoms with E-state index >= 15 is 0 Å². The van der Waals surface area contributed by atoms with E-state index in [0.717, 1.165) is 12.1 Å². The Morgan fingerprint density at radius 2 is 1.85 bits per heavy atom. The van der Waals surface area contributed by atoms with Crippen molar-refractivity contribution >= 4 is 21.7 Å². The molecule has 0 amide bonds. The van der Waals surface area contributed by atoms with Crippen molar-refractivity contribution in [1.29, 1.82) is 0 Å². The van der Waals surface area contributed by atoms with Gasteiger partial charge < -0.3 is 5.11 Å². The summed E-state index contributed by atoms with van der Waals surface area (Å²) in [5.74, 6) is -3.78. The van der Waals surface area contributed by atoms with Gasteiger partial charge in [-0.3, -0.25) is 4.79 Å². The zero-order valence-corrected chi connectivity index (χ0v) is 7.94. The van der Waals surface area contributed by atoms with E-state index in [1.807, 2.05) is 0 Å². The first-order valence-electron chi connectivity index (χ1n) is 3.33. The van der Waals surface area contributed by atoms with Crippen LogP contribution < -0.4 is 0 Å². The molecule has 0 spiro atoms. The molecule has 5 heteroatoms. The van der Waals surface area contributed by atoms with Gasteiger partial charge in [-0.25, -0.2) is 8.78 Å². The van der Waals surface area contributed by atoms with Crippen molar-refractivity contribution in [3.63, 3.8) is 0 Å². The quantitative estimate of drug-likeness (QED) is 0.646. The highest BCUT2D eigenvalue weighted by atomic mass is 79.9. The molecule has 1 aromatic carbocycles. The van der Waals surface area contributed by atoms with Gasteiger partial charge in [-0.15, -0.1) is 0 Å². The fraction of sp³-hybridized carbons (Fsp3) is 0.125. The highest BCUT2D eigenvalue weighted by Gasteiger charge is 2.13. The smallest absolute Gasteiger partial charge is 0.187 e. The number of halogens is 3. The second-order valence-electron chi connectivity index (χ2n) is 2.35. The topological polar surface area (TPSA) is 37.3 Å². The molecule has 0 aliphatic heterocycles. The van der Waals surface area contributed by atoms with E-state index in [0.29, 0.717) is 0 Å². The maximum absolute atomic E-state index is 12.7. The van der Waals surface area contributed by atoms with Gasteiger partial charge in [-0.05, 0) is 12.1 Å². The molecule has 0 radical (unpaired) electrons. The summed E-state index contributed by atoms with van der Waals surface area (Å²) in [6.45, 7) is 0. The lowest BCUT2D eigenvalue weighted by Crippen LogP contribution is -2.01. The van der Waals surface area contributed by atoms with E-state index in [1.165, 1.54) is 0 Å². The van der Waals surface area contributed by atoms with Crippen LogP contribution in [0.3, 0.4) is 0 Å². The Kier molecular flexibility index (Phi) is 2.98. The zero-order chi connectivity index (χ0) is 10.0. The lowest BCUT2D eigenvalue weighted by Gasteiger charge is -2.00. The van der Waals surface area contributed by atoms with E-state index in [1.54, 1.807) is 0 Å². The molecule has 2 nitrogen and oxygen atoms in total. The van der Waals surface area contributed by atoms with Gasteiger partial charge in [0.15, 0.2) is 23.2 Å². The molecule has 0 heterocycles. The Morgan fingerprint density at radius 3 is 2.23 bits per heavy atom. The Morgan fingerprint density at radius 1 is 1.38 bits per heavy atom. The van der Waals surface area contributed by atoms with Gasteiger partial charge in [0.05, 0.1) is 5.33 Å². The summed E-state index contributed by atoms with van der Waals surface area (Å²) in [5, 5.41) is 8.70. The number of benzene rings is 1. The van der Waals surface area contributed by atoms with Crippen molar-refractivity contribution < 1.29 is 18.7 Å². The van der Waals surface area contributed by atoms with Crippen molar-refractivity contribution in [2.24, 2.45) is 0 Å². The van der Waals surface area contributed by atoms with Gasteiger partial charge >= 0.3 is 0 Å². The van der Waals surface area contributed by atoms with Crippen LogP contribution in [0.25, 0.3) is 0 Å². The number of carbonyl (C=O) groups is 1. The number of hydrogen-bond acceptors (Lipinski definition) is 2. The molecule has 0 fully saturated rings. The molecule has 0 aliphatic rings. The first-order chi connectivity index (χ1) is 6.06. The lowest BCUT2D eigenvalue weighted by atomic mass is 10.1. The summed E-state index contributed by atoms with van der Waals surface area (Å²) in [7, 11) is 0. The summed E-state index contributed by atoms with van der Waals surface area (Å²) in [4.78, 5) is 11.0. The number of ketones is 1. The van der Waals surface area contributed by atoms with Crippen LogP contribution in [-0.2, 0) is 0 Å². The number of phenolic OH excluding ortho intramolecular Hbond substituents is 1. The first kappa shape index (κ1) is 10.1. The van der Waals surface area contributed by atoms with E-state index in [9.17, 15) is 13.6 Å². The van der Waals surface area contributed by atoms with Crippen LogP contribution in [0.1, 0.15) is 10.4 Å². The van der Waals surface area contributed by atoms with Gasteiger partial charge in [0.25, 0.3) is 0 Å². The number of alkyl halides is 1. The van der Waals surface area contributed by atoms with Crippen molar-refractivity contribution in [1.82, 2.24) is 0 Å². The van der Waals surface area contributed by atoms with Crippen LogP contribution in [0.4, 0.5) is 8.78 Å². The molecule has 13 heavy (non-hydrogen) atoms. The van der Waals surface area contributed by atoms with Crippen LogP contribution in [0.15, 0.2) is 12.1 Å². The van der Waals surface area contributed by atoms with E-state index in [-0.39, 0.29) is 10.9 Å². The third-order valence-corrected chi connectivity index (χ3v) is 1.97. The summed E-state index contributed by atoms with van der Waals surface area (Å²) in [5.41, 5.74) is -0.107. The fourth-order valence-corrected chi connectivity index (χ4v) is 1.13. The molecule has 70 valence electrons. The van der Waals surface area contributed by atoms with Crippen molar-refractivity contribution in [2.75, 3.05) is 5.33 Å². The first-order valence-corrected chi connectivity index (χ1v) is 4.45. The number of hydrogen-bond donors (Lipinski definition) is 1. The molecule has 1 N–H and O–H groups in total. The van der Waals surface area contributed by atoms with Gasteiger partial charge in [0.1, 0.15) is 0 Å². The highest BCUT2D eigenvalue weighted by molar-refractivity contribution is 9.09. The SMILES string of the molecule is O=C(CBr)c1cc(F)c(O)c(F)c1. The molecule has 0 aliphatic carbocycles. The van der Waals surface area contributed by atoms with E-state index in [2.05, 4.69) is 15.9 Å². The third-order valence-electron chi connectivity index (χ3n) is 1.46. The van der Waals surface area contributed by atoms with Crippen LogP contribution in [0.5, 0.6) is 5.75 Å². The minimum Gasteiger partial charge on any atom is -0.503 e. The van der Waals surface area contributed by atoms with Gasteiger partial charge in [-0.1, -0.05) is 15.9 Å². The Balaban J connectivity index is 3.20. The average molecular weight is 251 g/mol. The minimum absolute atomic E-state index is 0.0172. The second-order valence-corrected chi connectivity index (χ2v) is 2.91. The monoisotopic (exact) mass is 250 g/mol. The van der Waals surface area contributed by atoms with Crippen LogP contribution >= 0.6 is 15.9 Å². The van der Waals surface area contributed by atoms with Gasteiger partial charge in [-0.2, -0.15) is 0 Å². The number of Topliss-reactive ketones (excluding diaryl/α,β-unsaturated/α-hetero) is 1. The van der Waals surface area contributed by atoms with Crippen LogP contribution in [0.2, 0.25) is 0 Å². The van der Waals surface area contributed by atoms with E-state index < -0.39 is 23.2 Å². The Hall–Kier alpha value is -0.970. The summed E-state index contributed by atoms with van der Waals surface area (Å²) >= 11 is 2.86. The third kappa shape index (κ3) is 2.03. The van der Waals surface area contributed by atoms with Crippen molar-refractivity contribution in [3.05, 3.63) is 29.3 Å². The minimum atomic E-state index is -1.13. The zero-order valence-electron chi connectivity index (χ0n) is 6.35. The number of carbonyl (C=O) groups excluding carboxylic acids is 1. The van der Waals surface area contributed by atoms with E-state index in [4.69, 9.17) is 5.11 Å². The molecule has 0 bridgehead atoms. The molecule has 0 unspecified atom stereocenters. The largest absolute Gasteiger partial charge is 0.503 e. The second kappa shape index (κ2) is 3.83. The molecule has 0 aromatic heterocycles. The molecule has 0 atom stereocenters. The van der Waals surface area contributed by atoms with Crippen molar-refractivity contribution in [3.8, 4) is 5.75 Å². The van der Waals surface area contributed by atoms with Crippen LogP contribution in [0, 0.1) is 11.6 Å². The molecular weight excluding hydrogens is 246 g/mol. The standard InChI is InChI=1S/C8H5BrF2O2/c9-3-7(12)4-1-5(10)8(13)6(11)2-4/h1-2,13H,3H2. The molecular formula is C8H5BrF2O2. The average Bonchev–Trinajstić information content (AvgIpc) is 2.12. The Bertz CT molecular complexity index is 329. The van der Waals surface area contributed by atoms with Gasteiger partial charge in [0, 0.05) is 5.56 Å². The number of phenols is 1. The summed E-state index contributed by atoms with van der Waals surface area (Å²) in [6.07, 6.45) is 0. The molecule has 0 saturated carbocycles. The predicted molar refractivity (Wildman–Crippen MR) is 46.1 cm³/mol. The summed E-state index contributed by atoms with van der Waals surface area (Å²) in [6, 6.07) is 1.59. The maximum Gasteiger partial charge on any atom is 0.187 e. The fourth-order valence-electron chi connectivity index (χ4n) is 0.804. The molecule has 1 rings (SSSR count). The molecule has 0 saturated heterocycles. The number of aromatic hydroxyl groups is 1. The Labute approximate surface area is 81.3 Å². The number of rotatable bonds is 2. The molecule has 1 aromatic rings. The predicted octanol–water partition coefficient (Wildman–Crippen LogP) is 2.25. The normalized spacial score (nSPS) is 10.1. The maximum atomic E-state index is 12.7. The lowest BCUT2D eigenvalue weighted by molar-refractivity contribution is 0.102. The van der Waals surface area contributed by atoms with Crippen molar-refractivity contribution in [2.45, 2.75) is 0 Å². The highest BCUT2D eigenvalue weighted by Crippen LogP contribution is 2.21. The van der Waals surface area contributed by atoms with Crippen LogP contribution in [-0.4, -0.2) is 16.2 Å². The summed E-state index contributed by atoms with van der Waals surface area (Å²) < 4.78 is 25.4. The van der Waals surface area contributed by atoms with Gasteiger partial charge in [0.2, 0.25) is 0 Å².